The number of nitrogens with zero attached hydrogens (tertiary/aromatic N) is 2. The zero-order valence-electron chi connectivity index (χ0n) is 9.37. The lowest BCUT2D eigenvalue weighted by Crippen LogP contribution is -2.31. The zero-order chi connectivity index (χ0) is 12.3. The van der Waals surface area contributed by atoms with Gasteiger partial charge in [-0.25, -0.2) is 4.98 Å². The van der Waals surface area contributed by atoms with Gasteiger partial charge in [-0.3, -0.25) is 0 Å². The highest BCUT2D eigenvalue weighted by atomic mass is 16.5. The monoisotopic (exact) mass is 231 g/mol. The SMILES string of the molecule is CC(Oc1ccc2ccccc2n1)/C(N)=N\O. The fraction of sp³-hybridized carbons (Fsp3) is 0.167. The second kappa shape index (κ2) is 4.69. The van der Waals surface area contributed by atoms with Crippen LogP contribution in [0.25, 0.3) is 10.9 Å². The maximum absolute atomic E-state index is 8.52. The summed E-state index contributed by atoms with van der Waals surface area (Å²) in [6.45, 7) is 1.69. The van der Waals surface area contributed by atoms with Crippen LogP contribution >= 0.6 is 0 Å². The average Bonchev–Trinajstić information content (AvgIpc) is 2.37. The van der Waals surface area contributed by atoms with Crippen molar-refractivity contribution in [1.82, 2.24) is 4.98 Å². The van der Waals surface area contributed by atoms with Gasteiger partial charge in [-0.05, 0) is 19.1 Å². The third kappa shape index (κ3) is 2.44. The quantitative estimate of drug-likeness (QED) is 0.365. The molecule has 0 aliphatic rings. The van der Waals surface area contributed by atoms with E-state index in [-0.39, 0.29) is 5.84 Å². The van der Waals surface area contributed by atoms with Crippen molar-refractivity contribution in [2.75, 3.05) is 0 Å². The fourth-order valence-corrected chi connectivity index (χ4v) is 1.44. The first kappa shape index (κ1) is 11.2. The first-order valence-corrected chi connectivity index (χ1v) is 5.20. The summed E-state index contributed by atoms with van der Waals surface area (Å²) in [5.41, 5.74) is 6.27. The van der Waals surface area contributed by atoms with Crippen molar-refractivity contribution in [1.29, 1.82) is 0 Å². The van der Waals surface area contributed by atoms with Crippen LogP contribution in [0.2, 0.25) is 0 Å². The molecule has 1 unspecified atom stereocenters. The normalized spacial score (nSPS) is 13.6. The topological polar surface area (TPSA) is 80.7 Å². The Hall–Kier alpha value is -2.30. The number of amidine groups is 1. The van der Waals surface area contributed by atoms with Gasteiger partial charge in [-0.15, -0.1) is 0 Å². The number of hydrogen-bond acceptors (Lipinski definition) is 4. The number of rotatable bonds is 3. The Balaban J connectivity index is 2.25. The Bertz CT molecular complexity index is 554. The van der Waals surface area contributed by atoms with E-state index in [2.05, 4.69) is 10.1 Å². The van der Waals surface area contributed by atoms with Gasteiger partial charge in [0.15, 0.2) is 11.9 Å². The van der Waals surface area contributed by atoms with E-state index in [0.29, 0.717) is 5.88 Å². The molecule has 17 heavy (non-hydrogen) atoms. The van der Waals surface area contributed by atoms with E-state index < -0.39 is 6.10 Å². The number of benzene rings is 1. The molecule has 0 bridgehead atoms. The molecule has 0 saturated carbocycles. The van der Waals surface area contributed by atoms with Gasteiger partial charge in [-0.1, -0.05) is 23.4 Å². The van der Waals surface area contributed by atoms with E-state index in [0.717, 1.165) is 10.9 Å². The van der Waals surface area contributed by atoms with Crippen LogP contribution in [0, 0.1) is 0 Å². The second-order valence-electron chi connectivity index (χ2n) is 3.63. The van der Waals surface area contributed by atoms with Crippen LogP contribution < -0.4 is 10.5 Å². The molecule has 1 aromatic carbocycles. The van der Waals surface area contributed by atoms with Crippen LogP contribution in [0.15, 0.2) is 41.6 Å². The Morgan fingerprint density at radius 2 is 2.12 bits per heavy atom. The summed E-state index contributed by atoms with van der Waals surface area (Å²) < 4.78 is 5.45. The third-order valence-electron chi connectivity index (χ3n) is 2.40. The van der Waals surface area contributed by atoms with E-state index >= 15 is 0 Å². The molecule has 0 amide bonds. The van der Waals surface area contributed by atoms with Crippen LogP contribution in [0.1, 0.15) is 6.92 Å². The first-order valence-electron chi connectivity index (χ1n) is 5.20. The molecule has 2 rings (SSSR count). The summed E-state index contributed by atoms with van der Waals surface area (Å²) >= 11 is 0. The van der Waals surface area contributed by atoms with Gasteiger partial charge >= 0.3 is 0 Å². The van der Waals surface area contributed by atoms with E-state index in [1.165, 1.54) is 0 Å². The number of fused-ring (bicyclic) bond motifs is 1. The molecule has 0 aliphatic carbocycles. The predicted molar refractivity (Wildman–Crippen MR) is 65.2 cm³/mol. The van der Waals surface area contributed by atoms with Crippen LogP contribution in [-0.2, 0) is 0 Å². The lowest BCUT2D eigenvalue weighted by atomic mass is 10.2. The van der Waals surface area contributed by atoms with Gasteiger partial charge in [0.25, 0.3) is 0 Å². The highest BCUT2D eigenvalue weighted by Crippen LogP contribution is 2.16. The molecule has 88 valence electrons. The number of oxime groups is 1. The van der Waals surface area contributed by atoms with Gasteiger partial charge in [0.2, 0.25) is 5.88 Å². The van der Waals surface area contributed by atoms with Crippen LogP contribution in [0.5, 0.6) is 5.88 Å². The largest absolute Gasteiger partial charge is 0.466 e. The lowest BCUT2D eigenvalue weighted by Gasteiger charge is -2.12. The molecule has 0 spiro atoms. The number of pyridine rings is 1. The molecule has 0 fully saturated rings. The van der Waals surface area contributed by atoms with Gasteiger partial charge in [-0.2, -0.15) is 0 Å². The third-order valence-corrected chi connectivity index (χ3v) is 2.40. The minimum absolute atomic E-state index is 0.0139. The number of ether oxygens (including phenoxy) is 1. The van der Waals surface area contributed by atoms with Crippen molar-refractivity contribution >= 4 is 16.7 Å². The van der Waals surface area contributed by atoms with Crippen LogP contribution in [0.3, 0.4) is 0 Å². The van der Waals surface area contributed by atoms with Gasteiger partial charge in [0.1, 0.15) is 0 Å². The zero-order valence-corrected chi connectivity index (χ0v) is 9.37. The highest BCUT2D eigenvalue weighted by Gasteiger charge is 2.10. The summed E-state index contributed by atoms with van der Waals surface area (Å²) in [7, 11) is 0. The first-order chi connectivity index (χ1) is 8.20. The van der Waals surface area contributed by atoms with Gasteiger partial charge in [0.05, 0.1) is 5.52 Å². The van der Waals surface area contributed by atoms with Crippen molar-refractivity contribution in [2.24, 2.45) is 10.9 Å². The van der Waals surface area contributed by atoms with E-state index in [1.54, 1.807) is 13.0 Å². The molecule has 0 radical (unpaired) electrons. The summed E-state index contributed by atoms with van der Waals surface area (Å²) in [6.07, 6.45) is -0.520. The van der Waals surface area contributed by atoms with Crippen molar-refractivity contribution in [3.63, 3.8) is 0 Å². The van der Waals surface area contributed by atoms with Crippen molar-refractivity contribution in [2.45, 2.75) is 13.0 Å². The smallest absolute Gasteiger partial charge is 0.214 e. The fourth-order valence-electron chi connectivity index (χ4n) is 1.44. The summed E-state index contributed by atoms with van der Waals surface area (Å²) in [5, 5.41) is 12.4. The maximum Gasteiger partial charge on any atom is 0.214 e. The molecule has 2 aromatic rings. The van der Waals surface area contributed by atoms with Crippen molar-refractivity contribution in [3.8, 4) is 5.88 Å². The second-order valence-corrected chi connectivity index (χ2v) is 3.63. The highest BCUT2D eigenvalue weighted by molar-refractivity contribution is 5.84. The minimum atomic E-state index is -0.520. The number of nitrogens with two attached hydrogens (primary N) is 1. The molecule has 1 atom stereocenters. The van der Waals surface area contributed by atoms with Crippen LogP contribution in [0.4, 0.5) is 0 Å². The lowest BCUT2D eigenvalue weighted by molar-refractivity contribution is 0.258. The Labute approximate surface area is 98.5 Å². The predicted octanol–water partition coefficient (Wildman–Crippen LogP) is 1.75. The molecular formula is C12H13N3O2. The van der Waals surface area contributed by atoms with Crippen molar-refractivity contribution < 1.29 is 9.94 Å². The van der Waals surface area contributed by atoms with E-state index in [4.69, 9.17) is 15.7 Å². The number of aromatic nitrogens is 1. The summed E-state index contributed by atoms with van der Waals surface area (Å²) in [4.78, 5) is 4.32. The molecule has 1 aromatic heterocycles. The molecule has 5 nitrogen and oxygen atoms in total. The summed E-state index contributed by atoms with van der Waals surface area (Å²) in [6, 6.07) is 11.4. The Kier molecular flexibility index (Phi) is 3.09. The van der Waals surface area contributed by atoms with E-state index in [9.17, 15) is 0 Å². The Morgan fingerprint density at radius 3 is 2.88 bits per heavy atom. The maximum atomic E-state index is 8.52. The molecule has 1 heterocycles. The van der Waals surface area contributed by atoms with Crippen LogP contribution in [-0.4, -0.2) is 22.1 Å². The van der Waals surface area contributed by atoms with Crippen molar-refractivity contribution in [3.05, 3.63) is 36.4 Å². The molecule has 0 aliphatic heterocycles. The summed E-state index contributed by atoms with van der Waals surface area (Å²) in [5.74, 6) is 0.461. The number of para-hydroxylation sites is 1. The van der Waals surface area contributed by atoms with Gasteiger partial charge in [0, 0.05) is 11.5 Å². The van der Waals surface area contributed by atoms with Gasteiger partial charge < -0.3 is 15.7 Å². The molecule has 3 N–H and O–H groups in total. The molecular weight excluding hydrogens is 218 g/mol. The standard InChI is InChI=1S/C12H13N3O2/c1-8(12(13)15-16)17-11-7-6-9-4-2-3-5-10(9)14-11/h2-8,16H,1H3,(H2,13,15). The molecule has 5 heteroatoms. The number of hydrogen-bond donors (Lipinski definition) is 2. The minimum Gasteiger partial charge on any atom is -0.466 e. The van der Waals surface area contributed by atoms with E-state index in [1.807, 2.05) is 30.3 Å². The Morgan fingerprint density at radius 1 is 1.35 bits per heavy atom. The average molecular weight is 231 g/mol. The molecule has 0 saturated heterocycles.